The number of nitrogens with zero attached hydrogens (tertiary/aromatic N) is 2. The molecule has 0 N–H and O–H groups in total. The van der Waals surface area contributed by atoms with E-state index in [0.717, 1.165) is 19.3 Å². The van der Waals surface area contributed by atoms with Crippen LogP contribution in [0.2, 0.25) is 0 Å². The molecule has 23 heavy (non-hydrogen) atoms. The van der Waals surface area contributed by atoms with Gasteiger partial charge < -0.3 is 9.64 Å². The second-order valence-corrected chi connectivity index (χ2v) is 7.91. The predicted octanol–water partition coefficient (Wildman–Crippen LogP) is 1.99. The Morgan fingerprint density at radius 1 is 1.30 bits per heavy atom. The maximum absolute atomic E-state index is 12.9. The number of piperidine rings is 1. The number of hydrogen-bond donors (Lipinski definition) is 0. The van der Waals surface area contributed by atoms with Crippen LogP contribution in [0.3, 0.4) is 0 Å². The molecule has 2 aliphatic heterocycles. The third-order valence-electron chi connectivity index (χ3n) is 4.54. The molecule has 2 aliphatic rings. The monoisotopic (exact) mass is 338 g/mol. The van der Waals surface area contributed by atoms with Crippen molar-refractivity contribution in [2.75, 3.05) is 24.6 Å². The number of likely N-dealkylation sites (N-methyl/N-ethyl adjacent to an activating group) is 1. The first-order chi connectivity index (χ1) is 10.9. The highest BCUT2D eigenvalue weighted by Gasteiger charge is 2.33. The predicted molar refractivity (Wildman–Crippen MR) is 87.2 cm³/mol. The van der Waals surface area contributed by atoms with Crippen LogP contribution >= 0.6 is 0 Å². The van der Waals surface area contributed by atoms with Crippen LogP contribution in [-0.2, 0) is 14.8 Å². The van der Waals surface area contributed by atoms with Gasteiger partial charge >= 0.3 is 0 Å². The van der Waals surface area contributed by atoms with Gasteiger partial charge in [0.1, 0.15) is 5.75 Å². The first-order valence-corrected chi connectivity index (χ1v) is 9.48. The Morgan fingerprint density at radius 2 is 2.09 bits per heavy atom. The van der Waals surface area contributed by atoms with Gasteiger partial charge in [-0.25, -0.2) is 8.42 Å². The van der Waals surface area contributed by atoms with Gasteiger partial charge in [0.25, 0.3) is 5.91 Å². The fourth-order valence-corrected chi connectivity index (χ4v) is 4.97. The van der Waals surface area contributed by atoms with E-state index in [0.29, 0.717) is 24.5 Å². The van der Waals surface area contributed by atoms with Crippen molar-refractivity contribution in [3.8, 4) is 5.75 Å². The number of ether oxygens (including phenoxy) is 1. The van der Waals surface area contributed by atoms with Gasteiger partial charge in [0, 0.05) is 19.1 Å². The minimum atomic E-state index is -3.55. The summed E-state index contributed by atoms with van der Waals surface area (Å²) >= 11 is 0. The first kappa shape index (κ1) is 16.3. The Hall–Kier alpha value is -1.60. The number of carbonyl (C=O) groups excluding carboxylic acids is 1. The van der Waals surface area contributed by atoms with E-state index < -0.39 is 10.0 Å². The van der Waals surface area contributed by atoms with Gasteiger partial charge in [0.15, 0.2) is 6.61 Å². The van der Waals surface area contributed by atoms with Crippen LogP contribution in [0.1, 0.15) is 33.1 Å². The molecule has 1 fully saturated rings. The molecule has 1 atom stereocenters. The van der Waals surface area contributed by atoms with Crippen LogP contribution in [0.4, 0.5) is 5.69 Å². The summed E-state index contributed by atoms with van der Waals surface area (Å²) in [6, 6.07) is 4.78. The number of fused-ring (bicyclic) bond motifs is 1. The van der Waals surface area contributed by atoms with E-state index in [1.165, 1.54) is 0 Å². The molecule has 1 aromatic carbocycles. The van der Waals surface area contributed by atoms with E-state index >= 15 is 0 Å². The lowest BCUT2D eigenvalue weighted by atomic mass is 10.1. The quantitative estimate of drug-likeness (QED) is 0.845. The Kier molecular flexibility index (Phi) is 4.33. The smallest absolute Gasteiger partial charge is 0.265 e. The molecule has 1 amide bonds. The summed E-state index contributed by atoms with van der Waals surface area (Å²) in [5.74, 6) is 0.401. The van der Waals surface area contributed by atoms with E-state index in [9.17, 15) is 13.2 Å². The molecule has 0 radical (unpaired) electrons. The van der Waals surface area contributed by atoms with Gasteiger partial charge in [-0.05, 0) is 44.9 Å². The summed E-state index contributed by atoms with van der Waals surface area (Å²) in [5, 5.41) is 0. The fraction of sp³-hybridized carbons (Fsp3) is 0.562. The molecule has 0 unspecified atom stereocenters. The molecule has 2 heterocycles. The first-order valence-electron chi connectivity index (χ1n) is 8.04. The molecular weight excluding hydrogens is 316 g/mol. The van der Waals surface area contributed by atoms with Crippen molar-refractivity contribution in [2.45, 2.75) is 44.0 Å². The zero-order valence-corrected chi connectivity index (χ0v) is 14.3. The van der Waals surface area contributed by atoms with Gasteiger partial charge in [-0.3, -0.25) is 4.79 Å². The number of hydrogen-bond acceptors (Lipinski definition) is 4. The molecule has 0 aliphatic carbocycles. The Labute approximate surface area is 137 Å². The lowest BCUT2D eigenvalue weighted by Gasteiger charge is -2.33. The van der Waals surface area contributed by atoms with Crippen molar-refractivity contribution in [3.63, 3.8) is 0 Å². The topological polar surface area (TPSA) is 66.9 Å². The van der Waals surface area contributed by atoms with Crippen molar-refractivity contribution >= 4 is 21.6 Å². The lowest BCUT2D eigenvalue weighted by Crippen LogP contribution is -2.42. The average molecular weight is 338 g/mol. The van der Waals surface area contributed by atoms with E-state index in [1.54, 1.807) is 27.4 Å². The molecule has 0 spiro atoms. The SMILES string of the molecule is CCN1C(=O)COc2ccc(S(=O)(=O)N3CCCC[C@H]3C)cc21. The molecule has 0 bridgehead atoms. The van der Waals surface area contributed by atoms with Crippen molar-refractivity contribution in [3.05, 3.63) is 18.2 Å². The summed E-state index contributed by atoms with van der Waals surface area (Å²) in [5.41, 5.74) is 0.537. The summed E-state index contributed by atoms with van der Waals surface area (Å²) in [7, 11) is -3.55. The number of benzene rings is 1. The van der Waals surface area contributed by atoms with Crippen molar-refractivity contribution in [1.29, 1.82) is 0 Å². The largest absolute Gasteiger partial charge is 0.482 e. The highest BCUT2D eigenvalue weighted by molar-refractivity contribution is 7.89. The van der Waals surface area contributed by atoms with Crippen LogP contribution in [0.5, 0.6) is 5.75 Å². The highest BCUT2D eigenvalue weighted by atomic mass is 32.2. The zero-order valence-electron chi connectivity index (χ0n) is 13.5. The molecule has 126 valence electrons. The summed E-state index contributed by atoms with van der Waals surface area (Å²) in [6.45, 7) is 4.84. The third-order valence-corrected chi connectivity index (χ3v) is 6.55. The fourth-order valence-electron chi connectivity index (χ4n) is 3.25. The molecule has 7 heteroatoms. The second-order valence-electron chi connectivity index (χ2n) is 6.02. The second kappa shape index (κ2) is 6.13. The standard InChI is InChI=1S/C16H22N2O4S/c1-3-17-14-10-13(7-8-15(14)22-11-16(17)19)23(20,21)18-9-5-4-6-12(18)2/h7-8,10,12H,3-6,9,11H2,1-2H3/t12-/m1/s1. The zero-order chi connectivity index (χ0) is 16.6. The number of amides is 1. The van der Waals surface area contributed by atoms with Gasteiger partial charge in [-0.15, -0.1) is 0 Å². The van der Waals surface area contributed by atoms with E-state index in [-0.39, 0.29) is 23.5 Å². The number of rotatable bonds is 3. The van der Waals surface area contributed by atoms with Gasteiger partial charge in [0.05, 0.1) is 10.6 Å². The normalized spacial score (nSPS) is 22.6. The number of sulfonamides is 1. The Bertz CT molecular complexity index is 717. The number of anilines is 1. The van der Waals surface area contributed by atoms with Crippen molar-refractivity contribution in [1.82, 2.24) is 4.31 Å². The maximum atomic E-state index is 12.9. The van der Waals surface area contributed by atoms with Gasteiger partial charge in [-0.2, -0.15) is 4.31 Å². The van der Waals surface area contributed by atoms with E-state index in [4.69, 9.17) is 4.74 Å². The molecular formula is C16H22N2O4S. The molecule has 1 aromatic rings. The molecule has 6 nitrogen and oxygen atoms in total. The molecule has 0 aromatic heterocycles. The highest BCUT2D eigenvalue weighted by Crippen LogP contribution is 2.35. The van der Waals surface area contributed by atoms with Crippen molar-refractivity contribution < 1.29 is 17.9 Å². The lowest BCUT2D eigenvalue weighted by molar-refractivity contribution is -0.121. The van der Waals surface area contributed by atoms with Gasteiger partial charge in [-0.1, -0.05) is 6.42 Å². The summed E-state index contributed by atoms with van der Waals surface area (Å²) in [6.07, 6.45) is 2.83. The maximum Gasteiger partial charge on any atom is 0.265 e. The molecule has 3 rings (SSSR count). The Balaban J connectivity index is 2.01. The molecule has 1 saturated heterocycles. The van der Waals surface area contributed by atoms with Crippen LogP contribution in [-0.4, -0.2) is 44.4 Å². The van der Waals surface area contributed by atoms with Crippen LogP contribution in [0.25, 0.3) is 0 Å². The van der Waals surface area contributed by atoms with E-state index in [2.05, 4.69) is 0 Å². The Morgan fingerprint density at radius 3 is 2.78 bits per heavy atom. The van der Waals surface area contributed by atoms with Gasteiger partial charge in [0.2, 0.25) is 10.0 Å². The third kappa shape index (κ3) is 2.83. The van der Waals surface area contributed by atoms with Crippen LogP contribution in [0, 0.1) is 0 Å². The molecule has 0 saturated carbocycles. The van der Waals surface area contributed by atoms with Crippen LogP contribution in [0.15, 0.2) is 23.1 Å². The minimum Gasteiger partial charge on any atom is -0.482 e. The van der Waals surface area contributed by atoms with Crippen molar-refractivity contribution in [2.24, 2.45) is 0 Å². The van der Waals surface area contributed by atoms with E-state index in [1.807, 2.05) is 13.8 Å². The average Bonchev–Trinajstić information content (AvgIpc) is 2.54. The minimum absolute atomic E-state index is 0.00387. The summed E-state index contributed by atoms with van der Waals surface area (Å²) < 4.78 is 32.9. The van der Waals surface area contributed by atoms with Crippen LogP contribution < -0.4 is 9.64 Å². The summed E-state index contributed by atoms with van der Waals surface area (Å²) in [4.78, 5) is 13.7. The number of carbonyl (C=O) groups is 1.